The molecule has 0 aliphatic carbocycles. The van der Waals surface area contributed by atoms with Crippen LogP contribution in [0.1, 0.15) is 33.6 Å². The maximum absolute atomic E-state index is 12.2. The van der Waals surface area contributed by atoms with Gasteiger partial charge in [-0.15, -0.1) is 0 Å². The van der Waals surface area contributed by atoms with Crippen LogP contribution < -0.4 is 11.1 Å². The summed E-state index contributed by atoms with van der Waals surface area (Å²) < 4.78 is 0. The van der Waals surface area contributed by atoms with Crippen LogP contribution in [-0.2, 0) is 4.79 Å². The minimum atomic E-state index is -0.163. The standard InChI is InChI=1S/C15H24ClN3O/c1-4-6-9-19(5-2)11(3)15(20)18-12-7-8-13(16)14(17)10-12/h7-8,10-11H,4-6,9,17H2,1-3H3,(H,18,20). The molecular formula is C15H24ClN3O. The van der Waals surface area contributed by atoms with E-state index < -0.39 is 0 Å². The Bertz CT molecular complexity index is 451. The maximum atomic E-state index is 12.2. The Morgan fingerprint density at radius 3 is 2.70 bits per heavy atom. The maximum Gasteiger partial charge on any atom is 0.241 e. The first-order chi connectivity index (χ1) is 9.49. The number of nitrogens with two attached hydrogens (primary N) is 1. The SMILES string of the molecule is CCCCN(CC)C(C)C(=O)Nc1ccc(Cl)c(N)c1. The van der Waals surface area contributed by atoms with E-state index in [0.717, 1.165) is 25.9 Å². The van der Waals surface area contributed by atoms with Crippen LogP contribution in [0, 0.1) is 0 Å². The molecule has 1 aromatic carbocycles. The minimum absolute atomic E-state index is 0.0234. The van der Waals surface area contributed by atoms with E-state index in [1.54, 1.807) is 18.2 Å². The molecule has 1 amide bonds. The molecule has 0 aliphatic heterocycles. The summed E-state index contributed by atoms with van der Waals surface area (Å²) in [5.41, 5.74) is 6.87. The normalized spacial score (nSPS) is 12.4. The van der Waals surface area contributed by atoms with Crippen molar-refractivity contribution in [3.05, 3.63) is 23.2 Å². The second kappa shape index (κ2) is 8.12. The van der Waals surface area contributed by atoms with Crippen LogP contribution in [0.4, 0.5) is 11.4 Å². The van der Waals surface area contributed by atoms with Gasteiger partial charge in [0.05, 0.1) is 16.8 Å². The van der Waals surface area contributed by atoms with Crippen molar-refractivity contribution in [2.45, 2.75) is 39.7 Å². The molecular weight excluding hydrogens is 274 g/mol. The monoisotopic (exact) mass is 297 g/mol. The Kier molecular flexibility index (Phi) is 6.82. The topological polar surface area (TPSA) is 58.4 Å². The lowest BCUT2D eigenvalue weighted by Crippen LogP contribution is -2.42. The van der Waals surface area contributed by atoms with E-state index in [0.29, 0.717) is 16.4 Å². The highest BCUT2D eigenvalue weighted by Gasteiger charge is 2.19. The summed E-state index contributed by atoms with van der Waals surface area (Å²) in [4.78, 5) is 14.4. The fourth-order valence-electron chi connectivity index (χ4n) is 2.02. The number of nitrogen functional groups attached to an aromatic ring is 1. The molecule has 0 bridgehead atoms. The second-order valence-corrected chi connectivity index (χ2v) is 5.29. The van der Waals surface area contributed by atoms with Crippen LogP contribution in [0.2, 0.25) is 5.02 Å². The van der Waals surface area contributed by atoms with Crippen molar-refractivity contribution < 1.29 is 4.79 Å². The molecule has 1 rings (SSSR count). The number of nitrogens with one attached hydrogen (secondary N) is 1. The predicted molar refractivity (Wildman–Crippen MR) is 86.1 cm³/mol. The van der Waals surface area contributed by atoms with E-state index in [4.69, 9.17) is 17.3 Å². The highest BCUT2D eigenvalue weighted by molar-refractivity contribution is 6.33. The summed E-state index contributed by atoms with van der Waals surface area (Å²) in [7, 11) is 0. The molecule has 5 heteroatoms. The van der Waals surface area contributed by atoms with Crippen molar-refractivity contribution in [3.8, 4) is 0 Å². The molecule has 4 nitrogen and oxygen atoms in total. The number of likely N-dealkylation sites (N-methyl/N-ethyl adjacent to an activating group) is 1. The van der Waals surface area contributed by atoms with Gasteiger partial charge in [-0.3, -0.25) is 9.69 Å². The third-order valence-corrected chi connectivity index (χ3v) is 3.74. The van der Waals surface area contributed by atoms with E-state index in [-0.39, 0.29) is 11.9 Å². The summed E-state index contributed by atoms with van der Waals surface area (Å²) in [6, 6.07) is 4.95. The number of anilines is 2. The van der Waals surface area contributed by atoms with Crippen molar-refractivity contribution in [3.63, 3.8) is 0 Å². The number of amides is 1. The lowest BCUT2D eigenvalue weighted by molar-refractivity contribution is -0.120. The van der Waals surface area contributed by atoms with E-state index in [1.165, 1.54) is 0 Å². The number of carbonyl (C=O) groups is 1. The number of unbranched alkanes of at least 4 members (excludes halogenated alkanes) is 1. The molecule has 0 heterocycles. The van der Waals surface area contributed by atoms with Gasteiger partial charge in [-0.2, -0.15) is 0 Å². The molecule has 0 aliphatic rings. The highest BCUT2D eigenvalue weighted by atomic mass is 35.5. The largest absolute Gasteiger partial charge is 0.397 e. The first kappa shape index (κ1) is 16.8. The van der Waals surface area contributed by atoms with Gasteiger partial charge in [-0.25, -0.2) is 0 Å². The van der Waals surface area contributed by atoms with Gasteiger partial charge in [-0.05, 0) is 44.6 Å². The number of nitrogens with zero attached hydrogens (tertiary/aromatic N) is 1. The molecule has 1 aromatic rings. The van der Waals surface area contributed by atoms with Crippen molar-refractivity contribution in [2.75, 3.05) is 24.1 Å². The molecule has 0 saturated carbocycles. The second-order valence-electron chi connectivity index (χ2n) is 4.88. The van der Waals surface area contributed by atoms with Crippen molar-refractivity contribution >= 4 is 28.9 Å². The highest BCUT2D eigenvalue weighted by Crippen LogP contribution is 2.22. The lowest BCUT2D eigenvalue weighted by Gasteiger charge is -2.26. The van der Waals surface area contributed by atoms with Gasteiger partial charge in [0.15, 0.2) is 0 Å². The van der Waals surface area contributed by atoms with Gasteiger partial charge in [0, 0.05) is 5.69 Å². The molecule has 1 atom stereocenters. The molecule has 3 N–H and O–H groups in total. The molecule has 1 unspecified atom stereocenters. The van der Waals surface area contributed by atoms with Gasteiger partial charge in [0.25, 0.3) is 0 Å². The van der Waals surface area contributed by atoms with Crippen LogP contribution >= 0.6 is 11.6 Å². The van der Waals surface area contributed by atoms with Crippen molar-refractivity contribution in [1.29, 1.82) is 0 Å². The summed E-state index contributed by atoms with van der Waals surface area (Å²) in [5, 5.41) is 3.38. The summed E-state index contributed by atoms with van der Waals surface area (Å²) in [5.74, 6) is -0.0234. The molecule has 0 aromatic heterocycles. The van der Waals surface area contributed by atoms with Crippen LogP contribution in [-0.4, -0.2) is 29.9 Å². The lowest BCUT2D eigenvalue weighted by atomic mass is 10.2. The van der Waals surface area contributed by atoms with Gasteiger partial charge >= 0.3 is 0 Å². The van der Waals surface area contributed by atoms with Crippen LogP contribution in [0.15, 0.2) is 18.2 Å². The van der Waals surface area contributed by atoms with E-state index >= 15 is 0 Å². The predicted octanol–water partition coefficient (Wildman–Crippen LogP) is 3.37. The Labute approximate surface area is 126 Å². The smallest absolute Gasteiger partial charge is 0.241 e. The van der Waals surface area contributed by atoms with Gasteiger partial charge in [-0.1, -0.05) is 31.9 Å². The third kappa shape index (κ3) is 4.69. The molecule has 112 valence electrons. The van der Waals surface area contributed by atoms with Crippen LogP contribution in [0.3, 0.4) is 0 Å². The number of carbonyl (C=O) groups excluding carboxylic acids is 1. The van der Waals surface area contributed by atoms with Gasteiger partial charge in [0.2, 0.25) is 5.91 Å². The Balaban J connectivity index is 2.66. The Hall–Kier alpha value is -1.26. The average molecular weight is 298 g/mol. The van der Waals surface area contributed by atoms with Crippen LogP contribution in [0.25, 0.3) is 0 Å². The molecule has 0 radical (unpaired) electrons. The first-order valence-corrected chi connectivity index (χ1v) is 7.47. The summed E-state index contributed by atoms with van der Waals surface area (Å²) in [6.45, 7) is 7.93. The van der Waals surface area contributed by atoms with Crippen molar-refractivity contribution in [1.82, 2.24) is 4.90 Å². The van der Waals surface area contributed by atoms with Crippen molar-refractivity contribution in [2.24, 2.45) is 0 Å². The van der Waals surface area contributed by atoms with Gasteiger partial charge in [0.1, 0.15) is 0 Å². The van der Waals surface area contributed by atoms with Crippen LogP contribution in [0.5, 0.6) is 0 Å². The molecule has 0 fully saturated rings. The molecule has 0 spiro atoms. The fourth-order valence-corrected chi connectivity index (χ4v) is 2.14. The van der Waals surface area contributed by atoms with E-state index in [9.17, 15) is 4.79 Å². The van der Waals surface area contributed by atoms with E-state index in [1.807, 2.05) is 6.92 Å². The van der Waals surface area contributed by atoms with E-state index in [2.05, 4.69) is 24.1 Å². The zero-order chi connectivity index (χ0) is 15.1. The number of rotatable bonds is 7. The minimum Gasteiger partial charge on any atom is -0.397 e. The zero-order valence-corrected chi connectivity index (χ0v) is 13.2. The quantitative estimate of drug-likeness (QED) is 0.759. The number of halogens is 1. The average Bonchev–Trinajstić information content (AvgIpc) is 2.43. The molecule has 20 heavy (non-hydrogen) atoms. The number of benzene rings is 1. The van der Waals surface area contributed by atoms with Gasteiger partial charge < -0.3 is 11.1 Å². The fraction of sp³-hybridized carbons (Fsp3) is 0.533. The molecule has 0 saturated heterocycles. The Morgan fingerprint density at radius 1 is 1.45 bits per heavy atom. The summed E-state index contributed by atoms with van der Waals surface area (Å²) in [6.07, 6.45) is 2.22. The summed E-state index contributed by atoms with van der Waals surface area (Å²) >= 11 is 5.86. The number of hydrogen-bond acceptors (Lipinski definition) is 3. The Morgan fingerprint density at radius 2 is 2.15 bits per heavy atom. The first-order valence-electron chi connectivity index (χ1n) is 7.09. The third-order valence-electron chi connectivity index (χ3n) is 3.40. The zero-order valence-electron chi connectivity index (χ0n) is 12.4. The number of hydrogen-bond donors (Lipinski definition) is 2.